The van der Waals surface area contributed by atoms with Crippen LogP contribution in [0.1, 0.15) is 53.9 Å². The van der Waals surface area contributed by atoms with Crippen LogP contribution in [0.4, 0.5) is 0 Å². The SMILES string of the molecule is CC(C)CCC=CCC(C)(C)C. The van der Waals surface area contributed by atoms with Gasteiger partial charge in [0.2, 0.25) is 0 Å². The first-order valence-corrected chi connectivity index (χ1v) is 5.07. The highest BCUT2D eigenvalue weighted by atomic mass is 14.1. The Morgan fingerprint density at radius 1 is 1.08 bits per heavy atom. The average Bonchev–Trinajstić information content (AvgIpc) is 1.83. The van der Waals surface area contributed by atoms with Crippen molar-refractivity contribution in [2.75, 3.05) is 0 Å². The van der Waals surface area contributed by atoms with E-state index in [4.69, 9.17) is 0 Å². The number of allylic oxidation sites excluding steroid dienone is 2. The molecular weight excluding hydrogens is 144 g/mol. The topological polar surface area (TPSA) is 0 Å². The van der Waals surface area contributed by atoms with Gasteiger partial charge in [0, 0.05) is 0 Å². The second-order valence-electron chi connectivity index (χ2n) is 5.21. The average molecular weight is 168 g/mol. The molecule has 0 aromatic carbocycles. The minimum absolute atomic E-state index is 0.453. The summed E-state index contributed by atoms with van der Waals surface area (Å²) in [4.78, 5) is 0. The van der Waals surface area contributed by atoms with Crippen molar-refractivity contribution in [2.45, 2.75) is 53.9 Å². The predicted octanol–water partition coefficient (Wildman–Crippen LogP) is 4.42. The molecule has 0 radical (unpaired) electrons. The minimum atomic E-state index is 0.453. The minimum Gasteiger partial charge on any atom is -0.0885 e. The molecule has 72 valence electrons. The lowest BCUT2D eigenvalue weighted by atomic mass is 9.92. The van der Waals surface area contributed by atoms with Gasteiger partial charge < -0.3 is 0 Å². The Morgan fingerprint density at radius 2 is 1.67 bits per heavy atom. The summed E-state index contributed by atoms with van der Waals surface area (Å²) >= 11 is 0. The van der Waals surface area contributed by atoms with Crippen LogP contribution in [0.2, 0.25) is 0 Å². The van der Waals surface area contributed by atoms with E-state index in [1.807, 2.05) is 0 Å². The van der Waals surface area contributed by atoms with Crippen LogP contribution in [0.15, 0.2) is 12.2 Å². The molecular formula is C12H24. The van der Waals surface area contributed by atoms with Gasteiger partial charge in [-0.3, -0.25) is 0 Å². The fraction of sp³-hybridized carbons (Fsp3) is 0.833. The monoisotopic (exact) mass is 168 g/mol. The van der Waals surface area contributed by atoms with Crippen LogP contribution in [-0.2, 0) is 0 Å². The predicted molar refractivity (Wildman–Crippen MR) is 57.3 cm³/mol. The molecule has 0 aliphatic carbocycles. The van der Waals surface area contributed by atoms with Gasteiger partial charge >= 0.3 is 0 Å². The lowest BCUT2D eigenvalue weighted by molar-refractivity contribution is 0.420. The van der Waals surface area contributed by atoms with Gasteiger partial charge in [-0.2, -0.15) is 0 Å². The van der Waals surface area contributed by atoms with Crippen LogP contribution in [0.3, 0.4) is 0 Å². The maximum absolute atomic E-state index is 2.32. The highest BCUT2D eigenvalue weighted by Crippen LogP contribution is 2.19. The molecule has 0 saturated heterocycles. The molecule has 0 atom stereocenters. The lowest BCUT2D eigenvalue weighted by Gasteiger charge is -2.14. The van der Waals surface area contributed by atoms with Crippen LogP contribution < -0.4 is 0 Å². The van der Waals surface area contributed by atoms with E-state index >= 15 is 0 Å². The zero-order valence-electron chi connectivity index (χ0n) is 9.35. The summed E-state index contributed by atoms with van der Waals surface area (Å²) in [5.41, 5.74) is 0.453. The van der Waals surface area contributed by atoms with Crippen molar-refractivity contribution in [3.8, 4) is 0 Å². The molecule has 0 heteroatoms. The third kappa shape index (κ3) is 9.74. The maximum atomic E-state index is 2.32. The van der Waals surface area contributed by atoms with Gasteiger partial charge in [-0.15, -0.1) is 0 Å². The van der Waals surface area contributed by atoms with E-state index in [2.05, 4.69) is 46.8 Å². The first kappa shape index (κ1) is 11.7. The van der Waals surface area contributed by atoms with Crippen molar-refractivity contribution < 1.29 is 0 Å². The number of hydrogen-bond donors (Lipinski definition) is 0. The van der Waals surface area contributed by atoms with Crippen molar-refractivity contribution in [2.24, 2.45) is 11.3 Å². The van der Waals surface area contributed by atoms with Crippen molar-refractivity contribution in [3.63, 3.8) is 0 Å². The summed E-state index contributed by atoms with van der Waals surface area (Å²) in [6, 6.07) is 0. The molecule has 0 bridgehead atoms. The molecule has 0 aromatic rings. The second kappa shape index (κ2) is 5.40. The molecule has 0 aliphatic rings. The fourth-order valence-corrected chi connectivity index (χ4v) is 0.984. The molecule has 0 aliphatic heterocycles. The third-order valence-corrected chi connectivity index (χ3v) is 1.81. The smallest absolute Gasteiger partial charge is 0.0302 e. The summed E-state index contributed by atoms with van der Waals surface area (Å²) in [5.74, 6) is 0.837. The van der Waals surface area contributed by atoms with Crippen molar-refractivity contribution >= 4 is 0 Å². The van der Waals surface area contributed by atoms with E-state index in [-0.39, 0.29) is 0 Å². The molecule has 0 nitrogen and oxygen atoms in total. The highest BCUT2D eigenvalue weighted by molar-refractivity contribution is 4.85. The van der Waals surface area contributed by atoms with Crippen LogP contribution in [0.25, 0.3) is 0 Å². The zero-order valence-corrected chi connectivity index (χ0v) is 9.35. The molecule has 0 spiro atoms. The Morgan fingerprint density at radius 3 is 2.08 bits per heavy atom. The summed E-state index contributed by atoms with van der Waals surface area (Å²) in [5, 5.41) is 0. The van der Waals surface area contributed by atoms with E-state index in [1.165, 1.54) is 19.3 Å². The lowest BCUT2D eigenvalue weighted by Crippen LogP contribution is -2.01. The first-order chi connectivity index (χ1) is 5.42. The van der Waals surface area contributed by atoms with Gasteiger partial charge in [0.25, 0.3) is 0 Å². The van der Waals surface area contributed by atoms with Crippen LogP contribution in [-0.4, -0.2) is 0 Å². The van der Waals surface area contributed by atoms with Gasteiger partial charge in [-0.1, -0.05) is 46.8 Å². The molecule has 0 heterocycles. The van der Waals surface area contributed by atoms with Gasteiger partial charge in [-0.25, -0.2) is 0 Å². The molecule has 0 fully saturated rings. The van der Waals surface area contributed by atoms with Crippen molar-refractivity contribution in [3.05, 3.63) is 12.2 Å². The van der Waals surface area contributed by atoms with Gasteiger partial charge in [0.1, 0.15) is 0 Å². The Labute approximate surface area is 78.1 Å². The summed E-state index contributed by atoms with van der Waals surface area (Å²) in [6.07, 6.45) is 8.41. The molecule has 0 saturated carbocycles. The molecule has 0 rings (SSSR count). The molecule has 12 heavy (non-hydrogen) atoms. The Bertz CT molecular complexity index is 123. The van der Waals surface area contributed by atoms with Crippen LogP contribution in [0, 0.1) is 11.3 Å². The van der Waals surface area contributed by atoms with E-state index in [9.17, 15) is 0 Å². The summed E-state index contributed by atoms with van der Waals surface area (Å²) in [6.45, 7) is 11.4. The van der Waals surface area contributed by atoms with Crippen molar-refractivity contribution in [1.29, 1.82) is 0 Å². The standard InChI is InChI=1S/C12H24/c1-11(2)9-7-6-8-10-12(3,4)5/h6,8,11H,7,9-10H2,1-5H3. The Balaban J connectivity index is 3.38. The van der Waals surface area contributed by atoms with E-state index in [1.54, 1.807) is 0 Å². The van der Waals surface area contributed by atoms with Gasteiger partial charge in [0.05, 0.1) is 0 Å². The van der Waals surface area contributed by atoms with Crippen LogP contribution in [0.5, 0.6) is 0 Å². The Hall–Kier alpha value is -0.260. The van der Waals surface area contributed by atoms with E-state index in [0.717, 1.165) is 5.92 Å². The molecule has 0 unspecified atom stereocenters. The first-order valence-electron chi connectivity index (χ1n) is 5.07. The largest absolute Gasteiger partial charge is 0.0885 e. The fourth-order valence-electron chi connectivity index (χ4n) is 0.984. The van der Waals surface area contributed by atoms with E-state index in [0.29, 0.717) is 5.41 Å². The van der Waals surface area contributed by atoms with Gasteiger partial charge in [0.15, 0.2) is 0 Å². The summed E-state index contributed by atoms with van der Waals surface area (Å²) in [7, 11) is 0. The van der Waals surface area contributed by atoms with Gasteiger partial charge in [-0.05, 0) is 30.6 Å². The number of rotatable bonds is 4. The maximum Gasteiger partial charge on any atom is -0.0302 e. The quantitative estimate of drug-likeness (QED) is 0.545. The second-order valence-corrected chi connectivity index (χ2v) is 5.21. The number of hydrogen-bond acceptors (Lipinski definition) is 0. The normalized spacial score (nSPS) is 13.2. The zero-order chi connectivity index (χ0) is 9.61. The summed E-state index contributed by atoms with van der Waals surface area (Å²) < 4.78 is 0. The van der Waals surface area contributed by atoms with Crippen LogP contribution >= 0.6 is 0 Å². The van der Waals surface area contributed by atoms with Crippen molar-refractivity contribution in [1.82, 2.24) is 0 Å². The Kier molecular flexibility index (Phi) is 5.28. The molecule has 0 amide bonds. The van der Waals surface area contributed by atoms with E-state index < -0.39 is 0 Å². The third-order valence-electron chi connectivity index (χ3n) is 1.81. The molecule has 0 aromatic heterocycles. The highest BCUT2D eigenvalue weighted by Gasteiger charge is 2.05. The molecule has 0 N–H and O–H groups in total.